The van der Waals surface area contributed by atoms with Gasteiger partial charge in [0.25, 0.3) is 5.91 Å². The molecule has 11 heteroatoms. The summed E-state index contributed by atoms with van der Waals surface area (Å²) in [6, 6.07) is 10.8. The number of pyridine rings is 1. The van der Waals surface area contributed by atoms with Gasteiger partial charge in [-0.15, -0.1) is 0 Å². The smallest absolute Gasteiger partial charge is 0.254 e. The summed E-state index contributed by atoms with van der Waals surface area (Å²) in [5, 5.41) is 7.90. The molecule has 0 spiro atoms. The molecule has 4 heterocycles. The largest absolute Gasteiger partial charge is 0.495 e. The Morgan fingerprint density at radius 3 is 2.77 bits per heavy atom. The molecule has 178 valence electrons. The first kappa shape index (κ1) is 22.8. The number of carbonyl (C=O) groups excluding carboxylic acids is 1. The number of aromatic nitrogens is 5. The fourth-order valence-electron chi connectivity index (χ4n) is 3.69. The number of nitrogens with zero attached hydrogens (tertiary/aromatic N) is 6. The van der Waals surface area contributed by atoms with Crippen LogP contribution in [0, 0.1) is 0 Å². The summed E-state index contributed by atoms with van der Waals surface area (Å²) >= 11 is 6.40. The van der Waals surface area contributed by atoms with Crippen LogP contribution < -0.4 is 10.1 Å². The number of ether oxygens (including phenoxy) is 2. The van der Waals surface area contributed by atoms with E-state index in [1.54, 1.807) is 53.5 Å². The molecule has 0 unspecified atom stereocenters. The molecular weight excluding hydrogens is 470 g/mol. The molecule has 5 rings (SSSR count). The van der Waals surface area contributed by atoms with E-state index in [0.717, 1.165) is 0 Å². The first-order chi connectivity index (χ1) is 17.1. The van der Waals surface area contributed by atoms with Gasteiger partial charge in [-0.2, -0.15) is 5.10 Å². The average Bonchev–Trinajstić information content (AvgIpc) is 3.41. The van der Waals surface area contributed by atoms with E-state index in [0.29, 0.717) is 71.3 Å². The van der Waals surface area contributed by atoms with E-state index in [1.165, 1.54) is 6.20 Å². The number of benzene rings is 1. The van der Waals surface area contributed by atoms with Crippen molar-refractivity contribution in [3.63, 3.8) is 0 Å². The summed E-state index contributed by atoms with van der Waals surface area (Å²) < 4.78 is 12.5. The molecule has 0 atom stereocenters. The minimum absolute atomic E-state index is 0.0619. The molecule has 1 saturated heterocycles. The maximum Gasteiger partial charge on any atom is 0.254 e. The lowest BCUT2D eigenvalue weighted by atomic mass is 10.1. The third-order valence-corrected chi connectivity index (χ3v) is 5.75. The first-order valence-corrected chi connectivity index (χ1v) is 11.3. The normalized spacial score (nSPS) is 13.5. The third kappa shape index (κ3) is 4.93. The SMILES string of the molecule is COc1cc(C(=O)N2CCOCC2)ccc1Nc1ncc(Cl)c(-c2cnn(-c3ccccn3)c2)n1. The summed E-state index contributed by atoms with van der Waals surface area (Å²) in [6.07, 6.45) is 6.68. The van der Waals surface area contributed by atoms with Crippen LogP contribution in [-0.2, 0) is 4.74 Å². The van der Waals surface area contributed by atoms with Gasteiger partial charge in [-0.05, 0) is 30.3 Å². The first-order valence-electron chi connectivity index (χ1n) is 10.9. The van der Waals surface area contributed by atoms with Crippen molar-refractivity contribution in [3.8, 4) is 22.8 Å². The molecule has 1 aliphatic heterocycles. The minimum Gasteiger partial charge on any atom is -0.495 e. The van der Waals surface area contributed by atoms with E-state index in [2.05, 4.69) is 25.4 Å². The predicted molar refractivity (Wildman–Crippen MR) is 130 cm³/mol. The second-order valence-electron chi connectivity index (χ2n) is 7.70. The summed E-state index contributed by atoms with van der Waals surface area (Å²) in [4.78, 5) is 27.8. The average molecular weight is 492 g/mol. The van der Waals surface area contributed by atoms with Crippen molar-refractivity contribution in [1.29, 1.82) is 0 Å². The van der Waals surface area contributed by atoms with Crippen LogP contribution in [0.25, 0.3) is 17.1 Å². The second kappa shape index (κ2) is 10.1. The Labute approximate surface area is 206 Å². The third-order valence-electron chi connectivity index (χ3n) is 5.48. The van der Waals surface area contributed by atoms with Crippen molar-refractivity contribution in [3.05, 3.63) is 71.8 Å². The standard InChI is InChI=1S/C24H22ClN7O3/c1-34-20-12-16(23(33)31-8-10-35-11-9-31)5-6-19(20)29-24-27-14-18(25)22(30-24)17-13-28-32(15-17)21-4-2-3-7-26-21/h2-7,12-15H,8-11H2,1H3,(H,27,29,30). The Morgan fingerprint density at radius 2 is 2.00 bits per heavy atom. The predicted octanol–water partition coefficient (Wildman–Crippen LogP) is 3.60. The fourth-order valence-corrected chi connectivity index (χ4v) is 3.89. The Hall–Kier alpha value is -4.02. The van der Waals surface area contributed by atoms with Crippen LogP contribution in [0.5, 0.6) is 5.75 Å². The Morgan fingerprint density at radius 1 is 1.14 bits per heavy atom. The van der Waals surface area contributed by atoms with E-state index in [1.807, 2.05) is 18.2 Å². The molecule has 1 aromatic carbocycles. The molecule has 10 nitrogen and oxygen atoms in total. The molecule has 4 aromatic rings. The minimum atomic E-state index is -0.0619. The maximum absolute atomic E-state index is 12.8. The lowest BCUT2D eigenvalue weighted by Crippen LogP contribution is -2.40. The van der Waals surface area contributed by atoms with Crippen LogP contribution in [-0.4, -0.2) is 69.0 Å². The van der Waals surface area contributed by atoms with E-state index in [9.17, 15) is 4.79 Å². The molecule has 1 aliphatic rings. The zero-order valence-corrected chi connectivity index (χ0v) is 19.6. The van der Waals surface area contributed by atoms with Gasteiger partial charge in [-0.25, -0.2) is 19.6 Å². The Bertz CT molecular complexity index is 1340. The molecule has 3 aromatic heterocycles. The van der Waals surface area contributed by atoms with Crippen LogP contribution in [0.2, 0.25) is 5.02 Å². The van der Waals surface area contributed by atoms with Crippen molar-refractivity contribution in [2.75, 3.05) is 38.7 Å². The molecule has 0 radical (unpaired) electrons. The number of anilines is 2. The van der Waals surface area contributed by atoms with Crippen molar-refractivity contribution in [1.82, 2.24) is 29.6 Å². The van der Waals surface area contributed by atoms with Crippen LogP contribution in [0.4, 0.5) is 11.6 Å². The molecule has 0 saturated carbocycles. The van der Waals surface area contributed by atoms with Gasteiger partial charge in [0.2, 0.25) is 5.95 Å². The Balaban J connectivity index is 1.38. The number of morpholine rings is 1. The summed E-state index contributed by atoms with van der Waals surface area (Å²) in [7, 11) is 1.55. The Kier molecular flexibility index (Phi) is 6.55. The van der Waals surface area contributed by atoms with Crippen molar-refractivity contribution in [2.24, 2.45) is 0 Å². The lowest BCUT2D eigenvalue weighted by Gasteiger charge is -2.27. The van der Waals surface area contributed by atoms with Gasteiger partial charge in [0.1, 0.15) is 5.75 Å². The maximum atomic E-state index is 12.8. The summed E-state index contributed by atoms with van der Waals surface area (Å²) in [5.41, 5.74) is 2.38. The van der Waals surface area contributed by atoms with Crippen LogP contribution >= 0.6 is 11.6 Å². The van der Waals surface area contributed by atoms with Crippen molar-refractivity contribution >= 4 is 29.1 Å². The van der Waals surface area contributed by atoms with E-state index in [4.69, 9.17) is 21.1 Å². The number of carbonyl (C=O) groups is 1. The van der Waals surface area contributed by atoms with Gasteiger partial charge >= 0.3 is 0 Å². The van der Waals surface area contributed by atoms with Gasteiger partial charge < -0.3 is 19.7 Å². The van der Waals surface area contributed by atoms with Crippen LogP contribution in [0.3, 0.4) is 0 Å². The van der Waals surface area contributed by atoms with Crippen molar-refractivity contribution in [2.45, 2.75) is 0 Å². The number of amides is 1. The molecule has 35 heavy (non-hydrogen) atoms. The topological polar surface area (TPSA) is 107 Å². The number of hydrogen-bond acceptors (Lipinski definition) is 8. The van der Waals surface area contributed by atoms with Crippen molar-refractivity contribution < 1.29 is 14.3 Å². The second-order valence-corrected chi connectivity index (χ2v) is 8.10. The monoisotopic (exact) mass is 491 g/mol. The van der Waals surface area contributed by atoms with Crippen LogP contribution in [0.15, 0.2) is 61.2 Å². The quantitative estimate of drug-likeness (QED) is 0.436. The van der Waals surface area contributed by atoms with Gasteiger partial charge in [0.05, 0.1) is 49.1 Å². The van der Waals surface area contributed by atoms with Gasteiger partial charge in [-0.1, -0.05) is 17.7 Å². The number of hydrogen-bond donors (Lipinski definition) is 1. The molecule has 1 amide bonds. The zero-order valence-electron chi connectivity index (χ0n) is 18.9. The van der Waals surface area contributed by atoms with Gasteiger partial charge in [-0.3, -0.25) is 4.79 Å². The molecule has 0 bridgehead atoms. The number of methoxy groups -OCH3 is 1. The van der Waals surface area contributed by atoms with E-state index >= 15 is 0 Å². The summed E-state index contributed by atoms with van der Waals surface area (Å²) in [5.74, 6) is 1.43. The molecular formula is C24H22ClN7O3. The molecule has 1 fully saturated rings. The lowest BCUT2D eigenvalue weighted by molar-refractivity contribution is 0.0302. The highest BCUT2D eigenvalue weighted by molar-refractivity contribution is 6.32. The number of halogens is 1. The highest BCUT2D eigenvalue weighted by Gasteiger charge is 2.20. The summed E-state index contributed by atoms with van der Waals surface area (Å²) in [6.45, 7) is 2.22. The van der Waals surface area contributed by atoms with E-state index in [-0.39, 0.29) is 5.91 Å². The van der Waals surface area contributed by atoms with Crippen LogP contribution in [0.1, 0.15) is 10.4 Å². The molecule has 0 aliphatic carbocycles. The van der Waals surface area contributed by atoms with Gasteiger partial charge in [0.15, 0.2) is 5.82 Å². The highest BCUT2D eigenvalue weighted by atomic mass is 35.5. The molecule has 1 N–H and O–H groups in total. The highest BCUT2D eigenvalue weighted by Crippen LogP contribution is 2.31. The zero-order chi connectivity index (χ0) is 24.2. The number of rotatable bonds is 6. The fraction of sp³-hybridized carbons (Fsp3) is 0.208. The van der Waals surface area contributed by atoms with Gasteiger partial charge in [0, 0.05) is 36.6 Å². The number of nitrogens with one attached hydrogen (secondary N) is 1. The van der Waals surface area contributed by atoms with E-state index < -0.39 is 0 Å².